The lowest BCUT2D eigenvalue weighted by Crippen LogP contribution is -2.62. The van der Waals surface area contributed by atoms with Crippen LogP contribution in [0.25, 0.3) is 0 Å². The molecule has 2 aliphatic rings. The van der Waals surface area contributed by atoms with Crippen molar-refractivity contribution in [3.63, 3.8) is 0 Å². The Labute approximate surface area is 118 Å². The summed E-state index contributed by atoms with van der Waals surface area (Å²) in [5, 5.41) is 0. The predicted octanol–water partition coefficient (Wildman–Crippen LogP) is 1.23. The Hall–Kier alpha value is -0.130. The van der Waals surface area contributed by atoms with Gasteiger partial charge in [0.1, 0.15) is 0 Å². The first-order valence-electron chi connectivity index (χ1n) is 7.67. The molecule has 0 aromatic rings. The molecule has 19 heavy (non-hydrogen) atoms. The summed E-state index contributed by atoms with van der Waals surface area (Å²) in [4.78, 5) is 4.88. The van der Waals surface area contributed by atoms with Gasteiger partial charge >= 0.3 is 0 Å². The summed E-state index contributed by atoms with van der Waals surface area (Å²) in [7, 11) is -2.73. The van der Waals surface area contributed by atoms with Gasteiger partial charge in [0, 0.05) is 32.2 Å². The molecule has 112 valence electrons. The molecule has 2 saturated heterocycles. The van der Waals surface area contributed by atoms with Gasteiger partial charge in [-0.15, -0.1) is 0 Å². The smallest absolute Gasteiger partial charge is 0.152 e. The van der Waals surface area contributed by atoms with E-state index in [-0.39, 0.29) is 0 Å². The van der Waals surface area contributed by atoms with Crippen LogP contribution in [0.2, 0.25) is 0 Å². The van der Waals surface area contributed by atoms with Gasteiger partial charge in [-0.3, -0.25) is 4.90 Å². The van der Waals surface area contributed by atoms with E-state index in [1.165, 1.54) is 25.8 Å². The van der Waals surface area contributed by atoms with Gasteiger partial charge in [0.25, 0.3) is 0 Å². The van der Waals surface area contributed by atoms with Gasteiger partial charge in [-0.05, 0) is 18.9 Å². The molecule has 2 heterocycles. The van der Waals surface area contributed by atoms with Crippen LogP contribution in [0.15, 0.2) is 0 Å². The molecule has 2 aliphatic heterocycles. The number of hydrogen-bond acceptors (Lipinski definition) is 4. The highest BCUT2D eigenvalue weighted by molar-refractivity contribution is 7.91. The summed E-state index contributed by atoms with van der Waals surface area (Å²) in [6, 6.07) is 0.608. The third-order valence-electron chi connectivity index (χ3n) is 4.55. The molecule has 5 heteroatoms. The van der Waals surface area contributed by atoms with E-state index >= 15 is 0 Å². The molecule has 0 spiro atoms. The summed E-state index contributed by atoms with van der Waals surface area (Å²) in [5.74, 6) is 1.55. The Kier molecular flexibility index (Phi) is 5.26. The van der Waals surface area contributed by atoms with Crippen molar-refractivity contribution in [1.82, 2.24) is 9.80 Å². The Morgan fingerprint density at radius 2 is 1.79 bits per heavy atom. The Bertz CT molecular complexity index is 363. The van der Waals surface area contributed by atoms with Crippen LogP contribution in [0.5, 0.6) is 0 Å². The Morgan fingerprint density at radius 1 is 1.16 bits per heavy atom. The van der Waals surface area contributed by atoms with Gasteiger partial charge in [-0.2, -0.15) is 0 Å². The van der Waals surface area contributed by atoms with E-state index in [0.717, 1.165) is 32.1 Å². The van der Waals surface area contributed by atoms with Crippen LogP contribution in [0, 0.1) is 5.92 Å². The third kappa shape index (κ3) is 4.43. The lowest BCUT2D eigenvalue weighted by molar-refractivity contribution is 0.0355. The minimum atomic E-state index is -2.73. The van der Waals surface area contributed by atoms with E-state index in [2.05, 4.69) is 23.6 Å². The number of nitrogens with zero attached hydrogens (tertiary/aromatic N) is 2. The van der Waals surface area contributed by atoms with E-state index in [9.17, 15) is 8.42 Å². The molecular weight excluding hydrogens is 260 g/mol. The second-order valence-electron chi connectivity index (χ2n) is 6.28. The summed E-state index contributed by atoms with van der Waals surface area (Å²) < 4.78 is 22.8. The molecular formula is C14H28N2O2S. The lowest BCUT2D eigenvalue weighted by atomic mass is 10.00. The number of rotatable bonds is 6. The number of sulfone groups is 1. The van der Waals surface area contributed by atoms with Crippen LogP contribution in [0.4, 0.5) is 0 Å². The average Bonchev–Trinajstić information content (AvgIpc) is 2.29. The maximum atomic E-state index is 11.4. The molecule has 1 unspecified atom stereocenters. The van der Waals surface area contributed by atoms with Crippen molar-refractivity contribution >= 4 is 9.84 Å². The van der Waals surface area contributed by atoms with E-state index < -0.39 is 9.84 Å². The van der Waals surface area contributed by atoms with Crippen molar-refractivity contribution in [2.24, 2.45) is 5.92 Å². The van der Waals surface area contributed by atoms with Gasteiger partial charge in [0.15, 0.2) is 9.84 Å². The molecule has 0 N–H and O–H groups in total. The Morgan fingerprint density at radius 3 is 2.37 bits per heavy atom. The van der Waals surface area contributed by atoms with E-state index in [1.54, 1.807) is 0 Å². The van der Waals surface area contributed by atoms with E-state index in [0.29, 0.717) is 17.5 Å². The van der Waals surface area contributed by atoms with Crippen molar-refractivity contribution in [3.05, 3.63) is 0 Å². The summed E-state index contributed by atoms with van der Waals surface area (Å²) in [6.45, 7) is 9.57. The molecule has 0 amide bonds. The maximum absolute atomic E-state index is 11.4. The standard InChI is InChI=1S/C14H28N2O2S/c1-3-4-13(2)5-6-15-11-14(12-15)16-7-9-19(17,18)10-8-16/h13-14H,3-12H2,1-2H3. The van der Waals surface area contributed by atoms with Crippen LogP contribution in [-0.2, 0) is 9.84 Å². The fourth-order valence-electron chi connectivity index (χ4n) is 3.09. The highest BCUT2D eigenvalue weighted by Gasteiger charge is 2.34. The van der Waals surface area contributed by atoms with Gasteiger partial charge in [0.2, 0.25) is 0 Å². The minimum Gasteiger partial charge on any atom is -0.300 e. The second kappa shape index (κ2) is 6.55. The molecule has 4 nitrogen and oxygen atoms in total. The largest absolute Gasteiger partial charge is 0.300 e. The fraction of sp³-hybridized carbons (Fsp3) is 1.00. The molecule has 0 bridgehead atoms. The molecule has 0 radical (unpaired) electrons. The summed E-state index contributed by atoms with van der Waals surface area (Å²) in [6.07, 6.45) is 3.92. The van der Waals surface area contributed by atoms with Gasteiger partial charge in [-0.1, -0.05) is 26.7 Å². The quantitative estimate of drug-likeness (QED) is 0.737. The first-order chi connectivity index (χ1) is 9.00. The lowest BCUT2D eigenvalue weighted by Gasteiger charge is -2.46. The van der Waals surface area contributed by atoms with Crippen molar-refractivity contribution in [1.29, 1.82) is 0 Å². The van der Waals surface area contributed by atoms with Gasteiger partial charge in [-0.25, -0.2) is 8.42 Å². The van der Waals surface area contributed by atoms with E-state index in [1.807, 2.05) is 0 Å². The zero-order valence-electron chi connectivity index (χ0n) is 12.3. The molecule has 0 aromatic heterocycles. The normalized spacial score (nSPS) is 27.1. The maximum Gasteiger partial charge on any atom is 0.152 e. The first kappa shape index (κ1) is 15.3. The van der Waals surface area contributed by atoms with E-state index in [4.69, 9.17) is 0 Å². The summed E-state index contributed by atoms with van der Waals surface area (Å²) in [5.41, 5.74) is 0. The fourth-order valence-corrected chi connectivity index (χ4v) is 4.32. The molecule has 1 atom stereocenters. The molecule has 0 aliphatic carbocycles. The molecule has 0 saturated carbocycles. The third-order valence-corrected chi connectivity index (χ3v) is 6.16. The number of hydrogen-bond donors (Lipinski definition) is 0. The van der Waals surface area contributed by atoms with Gasteiger partial charge < -0.3 is 4.90 Å². The summed E-state index contributed by atoms with van der Waals surface area (Å²) >= 11 is 0. The predicted molar refractivity (Wildman–Crippen MR) is 79.1 cm³/mol. The Balaban J connectivity index is 1.61. The van der Waals surface area contributed by atoms with Crippen LogP contribution in [-0.4, -0.2) is 68.5 Å². The van der Waals surface area contributed by atoms with Crippen LogP contribution >= 0.6 is 0 Å². The van der Waals surface area contributed by atoms with Crippen molar-refractivity contribution in [2.75, 3.05) is 44.2 Å². The SMILES string of the molecule is CCCC(C)CCN1CC(N2CCS(=O)(=O)CC2)C1. The number of likely N-dealkylation sites (tertiary alicyclic amines) is 1. The van der Waals surface area contributed by atoms with Crippen LogP contribution in [0.3, 0.4) is 0 Å². The zero-order valence-corrected chi connectivity index (χ0v) is 13.2. The van der Waals surface area contributed by atoms with Crippen LogP contribution < -0.4 is 0 Å². The highest BCUT2D eigenvalue weighted by atomic mass is 32.2. The van der Waals surface area contributed by atoms with Crippen LogP contribution in [0.1, 0.15) is 33.1 Å². The molecule has 0 aromatic carbocycles. The minimum absolute atomic E-state index is 0.358. The van der Waals surface area contributed by atoms with Gasteiger partial charge in [0.05, 0.1) is 11.5 Å². The monoisotopic (exact) mass is 288 g/mol. The molecule has 2 fully saturated rings. The van der Waals surface area contributed by atoms with Crippen molar-refractivity contribution < 1.29 is 8.42 Å². The average molecular weight is 288 g/mol. The highest BCUT2D eigenvalue weighted by Crippen LogP contribution is 2.19. The first-order valence-corrected chi connectivity index (χ1v) is 9.49. The second-order valence-corrected chi connectivity index (χ2v) is 8.59. The molecule has 2 rings (SSSR count). The van der Waals surface area contributed by atoms with Crippen molar-refractivity contribution in [2.45, 2.75) is 39.2 Å². The topological polar surface area (TPSA) is 40.6 Å². The van der Waals surface area contributed by atoms with Crippen molar-refractivity contribution in [3.8, 4) is 0 Å². The zero-order chi connectivity index (χ0) is 13.9.